The van der Waals surface area contributed by atoms with Crippen LogP contribution < -0.4 is 5.32 Å². The van der Waals surface area contributed by atoms with Gasteiger partial charge in [0.2, 0.25) is 5.91 Å². The molecule has 4 nitrogen and oxygen atoms in total. The fraction of sp³-hybridized carbons (Fsp3) is 0.370. The SMILES string of the molecule is O=C(Cc1ccc(F)c(F)c1)Nc1nc2c(nc1CC1CCCCC1)-c1ccccc1CC2. The molecule has 1 N–H and O–H groups in total. The molecule has 6 heteroatoms. The molecule has 0 saturated heterocycles. The number of amides is 1. The Hall–Kier alpha value is -3.15. The highest BCUT2D eigenvalue weighted by atomic mass is 19.2. The van der Waals surface area contributed by atoms with E-state index in [0.29, 0.717) is 17.3 Å². The predicted molar refractivity (Wildman–Crippen MR) is 124 cm³/mol. The smallest absolute Gasteiger partial charge is 0.229 e. The lowest BCUT2D eigenvalue weighted by atomic mass is 9.85. The van der Waals surface area contributed by atoms with Crippen LogP contribution in [0.3, 0.4) is 0 Å². The largest absolute Gasteiger partial charge is 0.309 e. The van der Waals surface area contributed by atoms with E-state index in [1.54, 1.807) is 0 Å². The van der Waals surface area contributed by atoms with E-state index in [9.17, 15) is 13.6 Å². The summed E-state index contributed by atoms with van der Waals surface area (Å²) in [5, 5.41) is 2.93. The van der Waals surface area contributed by atoms with E-state index >= 15 is 0 Å². The van der Waals surface area contributed by atoms with E-state index in [4.69, 9.17) is 9.97 Å². The van der Waals surface area contributed by atoms with Gasteiger partial charge >= 0.3 is 0 Å². The molecule has 0 unspecified atom stereocenters. The Morgan fingerprint density at radius 3 is 2.61 bits per heavy atom. The Kier molecular flexibility index (Phi) is 6.16. The Morgan fingerprint density at radius 1 is 0.970 bits per heavy atom. The third kappa shape index (κ3) is 4.80. The molecule has 0 aliphatic heterocycles. The van der Waals surface area contributed by atoms with Crippen molar-refractivity contribution >= 4 is 11.7 Å². The molecule has 1 fully saturated rings. The zero-order chi connectivity index (χ0) is 22.8. The minimum Gasteiger partial charge on any atom is -0.309 e. The molecular weight excluding hydrogens is 420 g/mol. The first kappa shape index (κ1) is 21.7. The van der Waals surface area contributed by atoms with Crippen molar-refractivity contribution in [1.82, 2.24) is 9.97 Å². The number of aryl methyl sites for hydroxylation is 2. The molecule has 5 rings (SSSR count). The molecule has 0 spiro atoms. The molecule has 2 aromatic carbocycles. The van der Waals surface area contributed by atoms with Gasteiger partial charge in [0.1, 0.15) is 0 Å². The highest BCUT2D eigenvalue weighted by Gasteiger charge is 2.24. The van der Waals surface area contributed by atoms with Gasteiger partial charge in [0.25, 0.3) is 0 Å². The molecule has 170 valence electrons. The Balaban J connectivity index is 1.44. The molecule has 0 bridgehead atoms. The number of anilines is 1. The van der Waals surface area contributed by atoms with E-state index in [2.05, 4.69) is 17.4 Å². The summed E-state index contributed by atoms with van der Waals surface area (Å²) >= 11 is 0. The Labute approximate surface area is 192 Å². The first-order valence-corrected chi connectivity index (χ1v) is 11.8. The molecule has 0 atom stereocenters. The number of nitrogens with one attached hydrogen (secondary N) is 1. The summed E-state index contributed by atoms with van der Waals surface area (Å²) in [5.74, 6) is -1.14. The monoisotopic (exact) mass is 447 g/mol. The second-order valence-corrected chi connectivity index (χ2v) is 9.15. The summed E-state index contributed by atoms with van der Waals surface area (Å²) in [7, 11) is 0. The fourth-order valence-corrected chi connectivity index (χ4v) is 5.04. The Morgan fingerprint density at radius 2 is 1.79 bits per heavy atom. The van der Waals surface area contributed by atoms with Crippen LogP contribution in [-0.4, -0.2) is 15.9 Å². The van der Waals surface area contributed by atoms with Gasteiger partial charge < -0.3 is 5.32 Å². The lowest BCUT2D eigenvalue weighted by Crippen LogP contribution is -2.21. The van der Waals surface area contributed by atoms with Gasteiger partial charge in [-0.05, 0) is 48.4 Å². The van der Waals surface area contributed by atoms with Crippen molar-refractivity contribution in [3.05, 3.63) is 76.6 Å². The molecule has 1 aromatic heterocycles. The number of hydrogen-bond acceptors (Lipinski definition) is 3. The van der Waals surface area contributed by atoms with Crippen LogP contribution in [0.4, 0.5) is 14.6 Å². The number of aromatic nitrogens is 2. The number of fused-ring (bicyclic) bond motifs is 3. The van der Waals surface area contributed by atoms with E-state index in [1.807, 2.05) is 12.1 Å². The molecule has 2 aliphatic carbocycles. The van der Waals surface area contributed by atoms with Gasteiger partial charge in [-0.3, -0.25) is 4.79 Å². The Bertz CT molecular complexity index is 1190. The van der Waals surface area contributed by atoms with Gasteiger partial charge in [-0.2, -0.15) is 0 Å². The van der Waals surface area contributed by atoms with Gasteiger partial charge in [0.15, 0.2) is 17.5 Å². The fourth-order valence-electron chi connectivity index (χ4n) is 5.04. The molecule has 2 aliphatic rings. The van der Waals surface area contributed by atoms with Crippen molar-refractivity contribution in [3.8, 4) is 11.3 Å². The highest BCUT2D eigenvalue weighted by molar-refractivity contribution is 5.92. The third-order valence-corrected chi connectivity index (χ3v) is 6.76. The molecule has 0 radical (unpaired) electrons. The van der Waals surface area contributed by atoms with Gasteiger partial charge in [-0.25, -0.2) is 18.7 Å². The lowest BCUT2D eigenvalue weighted by molar-refractivity contribution is -0.115. The van der Waals surface area contributed by atoms with Crippen LogP contribution in [0.15, 0.2) is 42.5 Å². The highest BCUT2D eigenvalue weighted by Crippen LogP contribution is 2.34. The maximum atomic E-state index is 13.6. The van der Waals surface area contributed by atoms with E-state index < -0.39 is 11.6 Å². The van der Waals surface area contributed by atoms with Gasteiger partial charge in [-0.1, -0.05) is 62.4 Å². The third-order valence-electron chi connectivity index (χ3n) is 6.76. The zero-order valence-corrected chi connectivity index (χ0v) is 18.5. The quantitative estimate of drug-likeness (QED) is 0.536. The molecule has 3 aromatic rings. The second kappa shape index (κ2) is 9.38. The van der Waals surface area contributed by atoms with Crippen molar-refractivity contribution in [2.75, 3.05) is 5.32 Å². The van der Waals surface area contributed by atoms with Gasteiger partial charge in [0, 0.05) is 5.56 Å². The van der Waals surface area contributed by atoms with E-state index in [-0.39, 0.29) is 12.3 Å². The lowest BCUT2D eigenvalue weighted by Gasteiger charge is -2.24. The maximum Gasteiger partial charge on any atom is 0.229 e. The summed E-state index contributed by atoms with van der Waals surface area (Å²) < 4.78 is 26.8. The first-order chi connectivity index (χ1) is 16.1. The van der Waals surface area contributed by atoms with Gasteiger partial charge in [0.05, 0.1) is 23.5 Å². The number of halogens is 2. The molecule has 1 heterocycles. The summed E-state index contributed by atoms with van der Waals surface area (Å²) in [4.78, 5) is 22.7. The summed E-state index contributed by atoms with van der Waals surface area (Å²) in [6, 6.07) is 11.8. The topological polar surface area (TPSA) is 54.9 Å². The predicted octanol–water partition coefficient (Wildman–Crippen LogP) is 5.82. The normalized spacial score (nSPS) is 15.6. The summed E-state index contributed by atoms with van der Waals surface area (Å²) in [6.07, 6.45) is 8.45. The number of benzene rings is 2. The molecule has 1 saturated carbocycles. The number of hydrogen-bond donors (Lipinski definition) is 1. The van der Waals surface area contributed by atoms with Crippen molar-refractivity contribution in [1.29, 1.82) is 0 Å². The zero-order valence-electron chi connectivity index (χ0n) is 18.5. The van der Waals surface area contributed by atoms with Crippen LogP contribution in [0.5, 0.6) is 0 Å². The molecule has 33 heavy (non-hydrogen) atoms. The van der Waals surface area contributed by atoms with Crippen LogP contribution in [0.1, 0.15) is 54.6 Å². The van der Waals surface area contributed by atoms with Crippen molar-refractivity contribution in [3.63, 3.8) is 0 Å². The minimum atomic E-state index is -0.953. The van der Waals surface area contributed by atoms with Crippen molar-refractivity contribution in [2.45, 2.75) is 57.8 Å². The van der Waals surface area contributed by atoms with Gasteiger partial charge in [-0.15, -0.1) is 0 Å². The maximum absolute atomic E-state index is 13.6. The van der Waals surface area contributed by atoms with E-state index in [0.717, 1.165) is 66.9 Å². The average Bonchev–Trinajstić information content (AvgIpc) is 2.82. The first-order valence-electron chi connectivity index (χ1n) is 11.8. The standard InChI is InChI=1S/C27H27F2N3O/c28-21-12-10-18(14-22(21)29)16-25(33)32-27-24(15-17-6-2-1-3-7-17)30-26-20-9-5-4-8-19(20)11-13-23(26)31-27/h4-5,8-10,12,14,17H,1-3,6-7,11,13,15-16H2,(H,31,32,33). The number of nitrogens with zero attached hydrogens (tertiary/aromatic N) is 2. The number of rotatable bonds is 5. The van der Waals surface area contributed by atoms with Crippen LogP contribution >= 0.6 is 0 Å². The summed E-state index contributed by atoms with van der Waals surface area (Å²) in [6.45, 7) is 0. The van der Waals surface area contributed by atoms with Crippen LogP contribution in [0.2, 0.25) is 0 Å². The van der Waals surface area contributed by atoms with Crippen LogP contribution in [-0.2, 0) is 30.5 Å². The number of carbonyl (C=O) groups is 1. The van der Waals surface area contributed by atoms with Crippen LogP contribution in [0, 0.1) is 17.6 Å². The van der Waals surface area contributed by atoms with Crippen molar-refractivity contribution in [2.24, 2.45) is 5.92 Å². The second-order valence-electron chi connectivity index (χ2n) is 9.15. The van der Waals surface area contributed by atoms with Crippen LogP contribution in [0.25, 0.3) is 11.3 Å². The summed E-state index contributed by atoms with van der Waals surface area (Å²) in [5.41, 5.74) is 5.44. The number of carbonyl (C=O) groups excluding carboxylic acids is 1. The average molecular weight is 448 g/mol. The molecule has 1 amide bonds. The van der Waals surface area contributed by atoms with E-state index in [1.165, 1.54) is 30.9 Å². The van der Waals surface area contributed by atoms with Crippen molar-refractivity contribution < 1.29 is 13.6 Å². The molecular formula is C27H27F2N3O. The minimum absolute atomic E-state index is 0.0539.